The number of aryl methyl sites for hydroxylation is 1. The number of methoxy groups -OCH3 is 2. The van der Waals surface area contributed by atoms with Crippen molar-refractivity contribution in [2.45, 2.75) is 18.4 Å². The lowest BCUT2D eigenvalue weighted by Gasteiger charge is -2.11. The average Bonchev–Trinajstić information content (AvgIpc) is 3.15. The second kappa shape index (κ2) is 7.77. The zero-order valence-electron chi connectivity index (χ0n) is 15.1. The summed E-state index contributed by atoms with van der Waals surface area (Å²) >= 11 is 0. The van der Waals surface area contributed by atoms with E-state index in [9.17, 15) is 8.42 Å². The van der Waals surface area contributed by atoms with E-state index in [0.717, 1.165) is 11.1 Å². The maximum absolute atomic E-state index is 12.6. The number of rotatable bonds is 7. The molecule has 0 bridgehead atoms. The molecule has 0 radical (unpaired) electrons. The number of nitrogens with zero attached hydrogens (tertiary/aromatic N) is 2. The lowest BCUT2D eigenvalue weighted by molar-refractivity contribution is 0.375. The number of hydrogen-bond donors (Lipinski definition) is 1. The van der Waals surface area contributed by atoms with Gasteiger partial charge in [0, 0.05) is 11.6 Å². The van der Waals surface area contributed by atoms with Crippen LogP contribution >= 0.6 is 0 Å². The maximum atomic E-state index is 12.6. The molecule has 8 nitrogen and oxygen atoms in total. The van der Waals surface area contributed by atoms with Gasteiger partial charge in [0.1, 0.15) is 16.4 Å². The van der Waals surface area contributed by atoms with E-state index in [1.165, 1.54) is 26.4 Å². The molecule has 3 rings (SSSR count). The number of benzene rings is 2. The molecule has 1 N–H and O–H groups in total. The Hall–Kier alpha value is -2.91. The normalized spacial score (nSPS) is 11.4. The van der Waals surface area contributed by atoms with Crippen molar-refractivity contribution in [3.8, 4) is 22.9 Å². The molecule has 142 valence electrons. The molecule has 2 aromatic carbocycles. The van der Waals surface area contributed by atoms with Crippen molar-refractivity contribution >= 4 is 10.0 Å². The molecule has 9 heteroatoms. The number of aromatic nitrogens is 2. The Kier molecular flexibility index (Phi) is 5.43. The van der Waals surface area contributed by atoms with Gasteiger partial charge in [-0.05, 0) is 19.1 Å². The first-order valence-electron chi connectivity index (χ1n) is 8.04. The molecule has 1 aromatic heterocycles. The molecule has 0 aliphatic carbocycles. The predicted molar refractivity (Wildman–Crippen MR) is 98.0 cm³/mol. The van der Waals surface area contributed by atoms with E-state index in [1.54, 1.807) is 6.07 Å². The van der Waals surface area contributed by atoms with Gasteiger partial charge >= 0.3 is 0 Å². The van der Waals surface area contributed by atoms with Crippen LogP contribution in [-0.4, -0.2) is 32.8 Å². The highest BCUT2D eigenvalue weighted by Gasteiger charge is 2.21. The lowest BCUT2D eigenvalue weighted by Crippen LogP contribution is -2.24. The van der Waals surface area contributed by atoms with Crippen LogP contribution in [0.5, 0.6) is 11.5 Å². The summed E-state index contributed by atoms with van der Waals surface area (Å²) in [7, 11) is -1.03. The van der Waals surface area contributed by atoms with Gasteiger partial charge in [-0.1, -0.05) is 35.0 Å². The number of ether oxygens (including phenoxy) is 2. The highest BCUT2D eigenvalue weighted by Crippen LogP contribution is 2.28. The van der Waals surface area contributed by atoms with E-state index >= 15 is 0 Å². The predicted octanol–water partition coefficient (Wildman–Crippen LogP) is 2.54. The molecule has 0 saturated carbocycles. The summed E-state index contributed by atoms with van der Waals surface area (Å²) < 4.78 is 43.0. The Morgan fingerprint density at radius 3 is 2.48 bits per heavy atom. The van der Waals surface area contributed by atoms with Gasteiger partial charge in [-0.15, -0.1) is 0 Å². The van der Waals surface area contributed by atoms with Crippen LogP contribution in [0.25, 0.3) is 11.4 Å². The van der Waals surface area contributed by atoms with Gasteiger partial charge in [0.15, 0.2) is 0 Å². The van der Waals surface area contributed by atoms with E-state index in [1.807, 2.05) is 31.2 Å². The van der Waals surface area contributed by atoms with Crippen LogP contribution in [0.3, 0.4) is 0 Å². The van der Waals surface area contributed by atoms with Crippen molar-refractivity contribution in [2.24, 2.45) is 0 Å². The lowest BCUT2D eigenvalue weighted by atomic mass is 10.1. The van der Waals surface area contributed by atoms with Crippen molar-refractivity contribution in [1.29, 1.82) is 0 Å². The Morgan fingerprint density at radius 2 is 1.81 bits per heavy atom. The number of sulfonamides is 1. The van der Waals surface area contributed by atoms with Crippen molar-refractivity contribution in [1.82, 2.24) is 14.9 Å². The molecule has 1 heterocycles. The van der Waals surface area contributed by atoms with Gasteiger partial charge in [-0.3, -0.25) is 0 Å². The van der Waals surface area contributed by atoms with Crippen LogP contribution in [0.1, 0.15) is 11.5 Å². The molecule has 0 fully saturated rings. The average molecular weight is 389 g/mol. The van der Waals surface area contributed by atoms with Crippen LogP contribution in [0.15, 0.2) is 51.9 Å². The van der Waals surface area contributed by atoms with Crippen LogP contribution in [0.2, 0.25) is 0 Å². The SMILES string of the molecule is COc1ccc(OC)c(S(=O)(=O)NCc2nc(-c3ccc(C)cc3)no2)c1. The first-order valence-corrected chi connectivity index (χ1v) is 9.52. The van der Waals surface area contributed by atoms with Crippen molar-refractivity contribution in [3.05, 3.63) is 53.9 Å². The van der Waals surface area contributed by atoms with Gasteiger partial charge in [-0.25, -0.2) is 13.1 Å². The molecule has 0 aliphatic rings. The van der Waals surface area contributed by atoms with E-state index in [0.29, 0.717) is 11.6 Å². The summed E-state index contributed by atoms with van der Waals surface area (Å²) in [4.78, 5) is 4.18. The molecule has 0 saturated heterocycles. The smallest absolute Gasteiger partial charge is 0.244 e. The van der Waals surface area contributed by atoms with Gasteiger partial charge in [0.25, 0.3) is 0 Å². The van der Waals surface area contributed by atoms with Crippen LogP contribution in [0.4, 0.5) is 0 Å². The third kappa shape index (κ3) is 4.26. The topological polar surface area (TPSA) is 104 Å². The Morgan fingerprint density at radius 1 is 1.07 bits per heavy atom. The van der Waals surface area contributed by atoms with Crippen LogP contribution in [0, 0.1) is 6.92 Å². The van der Waals surface area contributed by atoms with Crippen molar-refractivity contribution < 1.29 is 22.4 Å². The summed E-state index contributed by atoms with van der Waals surface area (Å²) in [6, 6.07) is 12.1. The summed E-state index contributed by atoms with van der Waals surface area (Å²) in [5.41, 5.74) is 1.90. The Bertz CT molecular complexity index is 1030. The van der Waals surface area contributed by atoms with Gasteiger partial charge in [-0.2, -0.15) is 4.98 Å². The zero-order valence-corrected chi connectivity index (χ0v) is 15.9. The van der Waals surface area contributed by atoms with Gasteiger partial charge in [0.2, 0.25) is 21.7 Å². The molecule has 0 atom stereocenters. The number of hydrogen-bond acceptors (Lipinski definition) is 7. The molecular formula is C18H19N3O5S. The fourth-order valence-electron chi connectivity index (χ4n) is 2.38. The van der Waals surface area contributed by atoms with Crippen molar-refractivity contribution in [2.75, 3.05) is 14.2 Å². The first-order chi connectivity index (χ1) is 12.9. The van der Waals surface area contributed by atoms with Crippen molar-refractivity contribution in [3.63, 3.8) is 0 Å². The molecule has 0 amide bonds. The fraction of sp³-hybridized carbons (Fsp3) is 0.222. The van der Waals surface area contributed by atoms with Gasteiger partial charge in [0.05, 0.1) is 20.8 Å². The minimum absolute atomic E-state index is 0.0392. The fourth-order valence-corrected chi connectivity index (χ4v) is 3.53. The minimum Gasteiger partial charge on any atom is -0.497 e. The van der Waals surface area contributed by atoms with Gasteiger partial charge < -0.3 is 14.0 Å². The summed E-state index contributed by atoms with van der Waals surface area (Å²) in [6.07, 6.45) is 0. The first kappa shape index (κ1) is 18.9. The second-order valence-electron chi connectivity index (χ2n) is 5.72. The zero-order chi connectivity index (χ0) is 19.4. The van der Waals surface area contributed by atoms with Crippen LogP contribution in [-0.2, 0) is 16.6 Å². The van der Waals surface area contributed by atoms with E-state index in [-0.39, 0.29) is 23.1 Å². The van der Waals surface area contributed by atoms with E-state index in [4.69, 9.17) is 14.0 Å². The third-order valence-electron chi connectivity index (χ3n) is 3.85. The van der Waals surface area contributed by atoms with Crippen LogP contribution < -0.4 is 14.2 Å². The minimum atomic E-state index is -3.88. The second-order valence-corrected chi connectivity index (χ2v) is 7.45. The third-order valence-corrected chi connectivity index (χ3v) is 5.27. The Labute approximate surface area is 157 Å². The molecular weight excluding hydrogens is 370 g/mol. The number of nitrogens with one attached hydrogen (secondary N) is 1. The molecule has 0 aliphatic heterocycles. The summed E-state index contributed by atoms with van der Waals surface area (Å²) in [5, 5.41) is 3.88. The maximum Gasteiger partial charge on any atom is 0.244 e. The largest absolute Gasteiger partial charge is 0.497 e. The Balaban J connectivity index is 1.77. The highest BCUT2D eigenvalue weighted by molar-refractivity contribution is 7.89. The molecule has 3 aromatic rings. The van der Waals surface area contributed by atoms with E-state index in [2.05, 4.69) is 14.9 Å². The highest BCUT2D eigenvalue weighted by atomic mass is 32.2. The summed E-state index contributed by atoms with van der Waals surface area (Å²) in [6.45, 7) is 1.83. The standard InChI is InChI=1S/C18H19N3O5S/c1-12-4-6-13(7-5-12)18-20-17(26-21-18)11-19-27(22,23)16-10-14(24-2)8-9-15(16)25-3/h4-10,19H,11H2,1-3H3. The summed E-state index contributed by atoms with van der Waals surface area (Å²) in [5.74, 6) is 1.14. The van der Waals surface area contributed by atoms with E-state index < -0.39 is 10.0 Å². The molecule has 0 unspecified atom stereocenters. The monoisotopic (exact) mass is 389 g/mol. The molecule has 27 heavy (non-hydrogen) atoms. The molecule has 0 spiro atoms. The quantitative estimate of drug-likeness (QED) is 0.662.